The van der Waals surface area contributed by atoms with E-state index in [9.17, 15) is 0 Å². The summed E-state index contributed by atoms with van der Waals surface area (Å²) < 4.78 is 1.81. The van der Waals surface area contributed by atoms with Crippen LogP contribution in [-0.4, -0.2) is 20.6 Å². The third kappa shape index (κ3) is 1.75. The van der Waals surface area contributed by atoms with Crippen molar-refractivity contribution in [3.8, 4) is 5.69 Å². The van der Waals surface area contributed by atoms with Crippen molar-refractivity contribution in [2.24, 2.45) is 10.9 Å². The highest BCUT2D eigenvalue weighted by Crippen LogP contribution is 2.16. The molecule has 5 heteroatoms. The fraction of sp³-hybridized carbons (Fsp3) is 0.0909. The van der Waals surface area contributed by atoms with Gasteiger partial charge >= 0.3 is 0 Å². The Balaban J connectivity index is 2.62. The van der Waals surface area contributed by atoms with E-state index in [1.165, 1.54) is 0 Å². The number of hydrogen-bond acceptors (Lipinski definition) is 3. The zero-order chi connectivity index (χ0) is 11.5. The van der Waals surface area contributed by atoms with Gasteiger partial charge in [-0.1, -0.05) is 16.8 Å². The first-order valence-electron chi connectivity index (χ1n) is 4.79. The summed E-state index contributed by atoms with van der Waals surface area (Å²) in [5, 5.41) is 11.8. The lowest BCUT2D eigenvalue weighted by molar-refractivity contribution is 0.318. The van der Waals surface area contributed by atoms with Crippen LogP contribution in [0.3, 0.4) is 0 Å². The first-order valence-corrected chi connectivity index (χ1v) is 4.79. The smallest absolute Gasteiger partial charge is 0.172 e. The van der Waals surface area contributed by atoms with Gasteiger partial charge in [0, 0.05) is 18.0 Å². The Bertz CT molecular complexity index is 517. The highest BCUT2D eigenvalue weighted by molar-refractivity contribution is 6.00. The molecule has 82 valence electrons. The molecule has 0 fully saturated rings. The van der Waals surface area contributed by atoms with Crippen molar-refractivity contribution in [2.45, 2.75) is 6.92 Å². The molecule has 0 unspecified atom stereocenters. The molecule has 5 nitrogen and oxygen atoms in total. The van der Waals surface area contributed by atoms with Gasteiger partial charge in [-0.2, -0.15) is 0 Å². The Kier molecular flexibility index (Phi) is 2.59. The Morgan fingerprint density at radius 1 is 1.50 bits per heavy atom. The second-order valence-electron chi connectivity index (χ2n) is 3.48. The first kappa shape index (κ1) is 10.2. The molecule has 0 saturated heterocycles. The predicted molar refractivity (Wildman–Crippen MR) is 60.8 cm³/mol. The van der Waals surface area contributed by atoms with Gasteiger partial charge in [-0.15, -0.1) is 0 Å². The van der Waals surface area contributed by atoms with Crippen LogP contribution in [0.4, 0.5) is 0 Å². The van der Waals surface area contributed by atoms with Gasteiger partial charge in [-0.3, -0.25) is 0 Å². The molecule has 1 heterocycles. The molecule has 0 bridgehead atoms. The van der Waals surface area contributed by atoms with Crippen LogP contribution in [0.1, 0.15) is 11.1 Å². The van der Waals surface area contributed by atoms with E-state index >= 15 is 0 Å². The highest BCUT2D eigenvalue weighted by Gasteiger charge is 2.08. The number of nitrogens with zero attached hydrogens (tertiary/aromatic N) is 3. The number of aryl methyl sites for hydroxylation is 1. The van der Waals surface area contributed by atoms with Gasteiger partial charge in [0.25, 0.3) is 0 Å². The molecule has 3 N–H and O–H groups in total. The Morgan fingerprint density at radius 3 is 2.94 bits per heavy atom. The summed E-state index contributed by atoms with van der Waals surface area (Å²) in [6.07, 6.45) is 5.15. The maximum Gasteiger partial charge on any atom is 0.172 e. The summed E-state index contributed by atoms with van der Waals surface area (Å²) in [7, 11) is 0. The van der Waals surface area contributed by atoms with Gasteiger partial charge in [0.1, 0.15) is 0 Å². The zero-order valence-corrected chi connectivity index (χ0v) is 8.83. The molecule has 0 amide bonds. The fourth-order valence-electron chi connectivity index (χ4n) is 1.54. The molecule has 1 aromatic heterocycles. The van der Waals surface area contributed by atoms with E-state index in [4.69, 9.17) is 10.9 Å². The molecule has 2 rings (SSSR count). The minimum absolute atomic E-state index is 0.0902. The number of nitrogens with two attached hydrogens (primary N) is 1. The maximum atomic E-state index is 8.74. The molecule has 2 aromatic rings. The zero-order valence-electron chi connectivity index (χ0n) is 8.83. The molecule has 0 aliphatic heterocycles. The number of imidazole rings is 1. The number of oxime groups is 1. The number of aromatic nitrogens is 2. The van der Waals surface area contributed by atoms with Crippen LogP contribution < -0.4 is 5.73 Å². The van der Waals surface area contributed by atoms with Crippen molar-refractivity contribution < 1.29 is 5.21 Å². The second-order valence-corrected chi connectivity index (χ2v) is 3.48. The van der Waals surface area contributed by atoms with Crippen LogP contribution in [0.15, 0.2) is 42.1 Å². The Hall–Kier alpha value is -2.30. The topological polar surface area (TPSA) is 76.4 Å². The van der Waals surface area contributed by atoms with Crippen LogP contribution in [0.2, 0.25) is 0 Å². The molecule has 1 aromatic carbocycles. The van der Waals surface area contributed by atoms with Crippen molar-refractivity contribution in [1.82, 2.24) is 9.55 Å². The monoisotopic (exact) mass is 216 g/mol. The molecular formula is C11H12N4O. The number of amidine groups is 1. The first-order chi connectivity index (χ1) is 7.72. The van der Waals surface area contributed by atoms with Gasteiger partial charge in [-0.05, 0) is 19.1 Å². The highest BCUT2D eigenvalue weighted by atomic mass is 16.4. The van der Waals surface area contributed by atoms with Crippen molar-refractivity contribution in [2.75, 3.05) is 0 Å². The van der Waals surface area contributed by atoms with Gasteiger partial charge < -0.3 is 15.5 Å². The van der Waals surface area contributed by atoms with E-state index in [0.29, 0.717) is 5.56 Å². The molecule has 16 heavy (non-hydrogen) atoms. The predicted octanol–water partition coefficient (Wildman–Crippen LogP) is 1.28. The van der Waals surface area contributed by atoms with Crippen LogP contribution >= 0.6 is 0 Å². The summed E-state index contributed by atoms with van der Waals surface area (Å²) in [6, 6.07) is 5.73. The van der Waals surface area contributed by atoms with Gasteiger partial charge in [0.15, 0.2) is 5.84 Å². The van der Waals surface area contributed by atoms with Crippen molar-refractivity contribution >= 4 is 5.84 Å². The van der Waals surface area contributed by atoms with Crippen molar-refractivity contribution in [3.05, 3.63) is 48.0 Å². The molecule has 0 spiro atoms. The second kappa shape index (κ2) is 4.06. The van der Waals surface area contributed by atoms with Crippen molar-refractivity contribution in [3.63, 3.8) is 0 Å². The summed E-state index contributed by atoms with van der Waals surface area (Å²) in [4.78, 5) is 3.97. The van der Waals surface area contributed by atoms with E-state index < -0.39 is 0 Å². The van der Waals surface area contributed by atoms with Crippen LogP contribution in [0, 0.1) is 6.92 Å². The lowest BCUT2D eigenvalue weighted by atomic mass is 10.1. The average molecular weight is 216 g/mol. The number of rotatable bonds is 2. The van der Waals surface area contributed by atoms with Crippen LogP contribution in [-0.2, 0) is 0 Å². The SMILES string of the molecule is Cc1ccc(-n2ccnc2)c(/C(N)=N/O)c1. The minimum atomic E-state index is 0.0902. The number of hydrogen-bond donors (Lipinski definition) is 2. The van der Waals surface area contributed by atoms with E-state index in [1.807, 2.05) is 29.7 Å². The fourth-order valence-corrected chi connectivity index (χ4v) is 1.54. The summed E-state index contributed by atoms with van der Waals surface area (Å²) in [5.74, 6) is 0.0902. The largest absolute Gasteiger partial charge is 0.409 e. The van der Waals surface area contributed by atoms with E-state index in [1.54, 1.807) is 18.7 Å². The molecule has 0 aliphatic carbocycles. The average Bonchev–Trinajstić information content (AvgIpc) is 2.81. The minimum Gasteiger partial charge on any atom is -0.409 e. The third-order valence-corrected chi connectivity index (χ3v) is 2.32. The number of benzene rings is 1. The quantitative estimate of drug-likeness (QED) is 0.343. The normalized spacial score (nSPS) is 11.7. The van der Waals surface area contributed by atoms with Crippen LogP contribution in [0.25, 0.3) is 5.69 Å². The van der Waals surface area contributed by atoms with Gasteiger partial charge in [0.05, 0.1) is 12.0 Å². The van der Waals surface area contributed by atoms with Crippen LogP contribution in [0.5, 0.6) is 0 Å². The maximum absolute atomic E-state index is 8.74. The molecule has 0 aliphatic rings. The molecule has 0 radical (unpaired) electrons. The van der Waals surface area contributed by atoms with Crippen molar-refractivity contribution in [1.29, 1.82) is 0 Å². The Labute approximate surface area is 92.8 Å². The van der Waals surface area contributed by atoms with Gasteiger partial charge in [0.2, 0.25) is 0 Å². The standard InChI is InChI=1S/C11H12N4O/c1-8-2-3-10(15-5-4-13-7-15)9(6-8)11(12)14-16/h2-7,16H,1H3,(H2,12,14). The summed E-state index contributed by atoms with van der Waals surface area (Å²) in [6.45, 7) is 1.95. The lowest BCUT2D eigenvalue weighted by Gasteiger charge is -2.09. The molecule has 0 atom stereocenters. The molecule has 0 saturated carbocycles. The lowest BCUT2D eigenvalue weighted by Crippen LogP contribution is -2.16. The third-order valence-electron chi connectivity index (χ3n) is 2.32. The van der Waals surface area contributed by atoms with E-state index in [-0.39, 0.29) is 5.84 Å². The van der Waals surface area contributed by atoms with E-state index in [2.05, 4.69) is 10.1 Å². The van der Waals surface area contributed by atoms with E-state index in [0.717, 1.165) is 11.3 Å². The Morgan fingerprint density at radius 2 is 2.31 bits per heavy atom. The summed E-state index contributed by atoms with van der Waals surface area (Å²) in [5.41, 5.74) is 8.20. The molecular weight excluding hydrogens is 204 g/mol. The van der Waals surface area contributed by atoms with Gasteiger partial charge in [-0.25, -0.2) is 4.98 Å². The summed E-state index contributed by atoms with van der Waals surface area (Å²) >= 11 is 0.